The lowest BCUT2D eigenvalue weighted by Gasteiger charge is -2.19. The number of nitrogens with zero attached hydrogens (tertiary/aromatic N) is 1. The second kappa shape index (κ2) is 13.3. The van der Waals surface area contributed by atoms with Crippen LogP contribution in [-0.4, -0.2) is 4.57 Å². The molecule has 1 aromatic heterocycles. The van der Waals surface area contributed by atoms with E-state index in [1.165, 1.54) is 120 Å². The van der Waals surface area contributed by atoms with Crippen LogP contribution in [0.15, 0.2) is 224 Å². The predicted octanol–water partition coefficient (Wildman–Crippen LogP) is 16.7. The van der Waals surface area contributed by atoms with Crippen molar-refractivity contribution in [1.82, 2.24) is 4.57 Å². The Labute approximate surface area is 353 Å². The minimum absolute atomic E-state index is 1.16. The third kappa shape index (κ3) is 5.21. The molecule has 282 valence electrons. The summed E-state index contributed by atoms with van der Waals surface area (Å²) in [7, 11) is 0. The van der Waals surface area contributed by atoms with Gasteiger partial charge in [-0.2, -0.15) is 0 Å². The van der Waals surface area contributed by atoms with Crippen LogP contribution in [0.2, 0.25) is 0 Å². The van der Waals surface area contributed by atoms with E-state index >= 15 is 0 Å². The van der Waals surface area contributed by atoms with E-state index in [4.69, 9.17) is 0 Å². The summed E-state index contributed by atoms with van der Waals surface area (Å²) < 4.78 is 2.47. The van der Waals surface area contributed by atoms with E-state index in [0.717, 1.165) is 5.69 Å². The summed E-state index contributed by atoms with van der Waals surface area (Å²) in [5, 5.41) is 17.7. The number of benzene rings is 12. The first-order chi connectivity index (χ1) is 30.2. The summed E-state index contributed by atoms with van der Waals surface area (Å²) in [5.41, 5.74) is 11.0. The minimum atomic E-state index is 1.16. The van der Waals surface area contributed by atoms with E-state index in [1.807, 2.05) is 0 Å². The van der Waals surface area contributed by atoms with Crippen molar-refractivity contribution in [2.24, 2.45) is 0 Å². The molecule has 1 nitrogen and oxygen atoms in total. The standard InChI is InChI=1S/C60H37N/c1-2-15-41(16-3-1)57-51-20-10-11-21-52(51)58(53-31-27-46(37-54(53)57)43-23-22-38-12-4-5-17-42(38)34-43)47-25-24-45-36-48(30-26-44(45)35-47)61-55-32-28-39-13-6-8-18-49(39)59(55)60-50-19-9-7-14-40(50)29-33-56(60)61/h1-37H. The number of hydrogen-bond donors (Lipinski definition) is 0. The first-order valence-electron chi connectivity index (χ1n) is 21.2. The Bertz CT molecular complexity index is 3830. The zero-order chi connectivity index (χ0) is 40.0. The summed E-state index contributed by atoms with van der Waals surface area (Å²) in [4.78, 5) is 0. The molecule has 0 spiro atoms. The Morgan fingerprint density at radius 2 is 0.672 bits per heavy atom. The molecule has 13 aromatic rings. The molecule has 0 fully saturated rings. The summed E-state index contributed by atoms with van der Waals surface area (Å²) in [5.74, 6) is 0. The van der Waals surface area contributed by atoms with E-state index in [9.17, 15) is 0 Å². The van der Waals surface area contributed by atoms with Crippen LogP contribution in [0.3, 0.4) is 0 Å². The van der Waals surface area contributed by atoms with Crippen molar-refractivity contribution in [3.8, 4) is 39.1 Å². The Morgan fingerprint density at radius 1 is 0.230 bits per heavy atom. The van der Waals surface area contributed by atoms with Gasteiger partial charge in [0.1, 0.15) is 0 Å². The molecule has 0 amide bonds. The average molecular weight is 772 g/mol. The van der Waals surface area contributed by atoms with Crippen LogP contribution in [0.4, 0.5) is 0 Å². The van der Waals surface area contributed by atoms with Gasteiger partial charge in [-0.05, 0) is 140 Å². The highest BCUT2D eigenvalue weighted by Crippen LogP contribution is 2.46. The van der Waals surface area contributed by atoms with Crippen LogP contribution < -0.4 is 0 Å². The summed E-state index contributed by atoms with van der Waals surface area (Å²) in [6, 6.07) is 83.2. The van der Waals surface area contributed by atoms with Gasteiger partial charge >= 0.3 is 0 Å². The van der Waals surface area contributed by atoms with Crippen LogP contribution in [0, 0.1) is 0 Å². The van der Waals surface area contributed by atoms with Crippen molar-refractivity contribution in [2.45, 2.75) is 0 Å². The van der Waals surface area contributed by atoms with Crippen molar-refractivity contribution in [3.63, 3.8) is 0 Å². The molecule has 0 aliphatic rings. The third-order valence-electron chi connectivity index (χ3n) is 13.1. The first kappa shape index (κ1) is 33.9. The highest BCUT2D eigenvalue weighted by molar-refractivity contribution is 6.29. The zero-order valence-corrected chi connectivity index (χ0v) is 33.3. The topological polar surface area (TPSA) is 4.93 Å². The fraction of sp³-hybridized carbons (Fsp3) is 0. The van der Waals surface area contributed by atoms with Crippen LogP contribution in [0.25, 0.3) is 126 Å². The number of aromatic nitrogens is 1. The second-order valence-corrected chi connectivity index (χ2v) is 16.4. The largest absolute Gasteiger partial charge is 0.309 e. The van der Waals surface area contributed by atoms with Gasteiger partial charge in [0.2, 0.25) is 0 Å². The maximum absolute atomic E-state index is 2.47. The highest BCUT2D eigenvalue weighted by Gasteiger charge is 2.20. The van der Waals surface area contributed by atoms with Crippen LogP contribution >= 0.6 is 0 Å². The first-order valence-corrected chi connectivity index (χ1v) is 21.2. The lowest BCUT2D eigenvalue weighted by atomic mass is 9.84. The Hall–Kier alpha value is -8.00. The van der Waals surface area contributed by atoms with Crippen molar-refractivity contribution in [3.05, 3.63) is 224 Å². The molecule has 0 bridgehead atoms. The summed E-state index contributed by atoms with van der Waals surface area (Å²) in [6.07, 6.45) is 0. The molecule has 13 rings (SSSR count). The lowest BCUT2D eigenvalue weighted by Crippen LogP contribution is -1.94. The number of fused-ring (bicyclic) bond motifs is 11. The van der Waals surface area contributed by atoms with Gasteiger partial charge in [-0.3, -0.25) is 0 Å². The normalized spacial score (nSPS) is 11.9. The predicted molar refractivity (Wildman–Crippen MR) is 262 cm³/mol. The van der Waals surface area contributed by atoms with Crippen molar-refractivity contribution < 1.29 is 0 Å². The molecule has 0 aliphatic heterocycles. The van der Waals surface area contributed by atoms with Crippen molar-refractivity contribution >= 4 is 86.4 Å². The monoisotopic (exact) mass is 771 g/mol. The Balaban J connectivity index is 1.02. The van der Waals surface area contributed by atoms with Gasteiger partial charge in [0.05, 0.1) is 11.0 Å². The van der Waals surface area contributed by atoms with Crippen LogP contribution in [0.5, 0.6) is 0 Å². The fourth-order valence-corrected chi connectivity index (χ4v) is 10.3. The van der Waals surface area contributed by atoms with Gasteiger partial charge in [0.15, 0.2) is 0 Å². The molecule has 0 saturated carbocycles. The average Bonchev–Trinajstić information content (AvgIpc) is 3.68. The van der Waals surface area contributed by atoms with Gasteiger partial charge in [-0.15, -0.1) is 0 Å². The Kier molecular flexibility index (Phi) is 7.37. The van der Waals surface area contributed by atoms with E-state index < -0.39 is 0 Å². The molecule has 0 N–H and O–H groups in total. The van der Waals surface area contributed by atoms with Crippen LogP contribution in [0.1, 0.15) is 0 Å². The highest BCUT2D eigenvalue weighted by atomic mass is 15.0. The van der Waals surface area contributed by atoms with Gasteiger partial charge in [0.25, 0.3) is 0 Å². The lowest BCUT2D eigenvalue weighted by molar-refractivity contribution is 1.19. The van der Waals surface area contributed by atoms with Crippen LogP contribution in [-0.2, 0) is 0 Å². The maximum Gasteiger partial charge on any atom is 0.0547 e. The molecule has 0 atom stereocenters. The molecular weight excluding hydrogens is 735 g/mol. The molecule has 0 radical (unpaired) electrons. The van der Waals surface area contributed by atoms with Gasteiger partial charge in [-0.1, -0.05) is 182 Å². The molecule has 1 heterocycles. The van der Waals surface area contributed by atoms with Crippen molar-refractivity contribution in [1.29, 1.82) is 0 Å². The number of hydrogen-bond acceptors (Lipinski definition) is 0. The second-order valence-electron chi connectivity index (χ2n) is 16.4. The maximum atomic E-state index is 2.47. The molecule has 0 unspecified atom stereocenters. The van der Waals surface area contributed by atoms with Gasteiger partial charge in [0, 0.05) is 16.5 Å². The Morgan fingerprint density at radius 3 is 1.38 bits per heavy atom. The quantitative estimate of drug-likeness (QED) is 0.157. The van der Waals surface area contributed by atoms with E-state index in [2.05, 4.69) is 229 Å². The molecule has 0 saturated heterocycles. The molecule has 12 aromatic carbocycles. The third-order valence-corrected chi connectivity index (χ3v) is 13.1. The molecule has 1 heteroatoms. The minimum Gasteiger partial charge on any atom is -0.309 e. The summed E-state index contributed by atoms with van der Waals surface area (Å²) >= 11 is 0. The molecule has 61 heavy (non-hydrogen) atoms. The van der Waals surface area contributed by atoms with Gasteiger partial charge in [-0.25, -0.2) is 0 Å². The zero-order valence-electron chi connectivity index (χ0n) is 33.3. The van der Waals surface area contributed by atoms with Crippen molar-refractivity contribution in [2.75, 3.05) is 0 Å². The van der Waals surface area contributed by atoms with E-state index in [-0.39, 0.29) is 0 Å². The SMILES string of the molecule is c1ccc(-c2c3ccccc3c(-c3ccc4cc(-n5c6ccc7ccccc7c6c6c7ccccc7ccc65)ccc4c3)c3ccc(-c4ccc5ccccc5c4)cc23)cc1. The number of rotatable bonds is 4. The molecular formula is C60H37N. The van der Waals surface area contributed by atoms with E-state index in [1.54, 1.807) is 0 Å². The fourth-order valence-electron chi connectivity index (χ4n) is 10.3. The summed E-state index contributed by atoms with van der Waals surface area (Å²) in [6.45, 7) is 0. The van der Waals surface area contributed by atoms with Gasteiger partial charge < -0.3 is 4.57 Å². The van der Waals surface area contributed by atoms with E-state index in [0.29, 0.717) is 0 Å². The molecule has 0 aliphatic carbocycles. The smallest absolute Gasteiger partial charge is 0.0547 e.